The van der Waals surface area contributed by atoms with Crippen molar-refractivity contribution in [3.05, 3.63) is 35.4 Å². The highest BCUT2D eigenvalue weighted by Gasteiger charge is 2.34. The minimum Gasteiger partial charge on any atom is -0.374 e. The van der Waals surface area contributed by atoms with Gasteiger partial charge in [0, 0.05) is 6.61 Å². The molecule has 0 aliphatic heterocycles. The molecule has 0 aromatic heterocycles. The van der Waals surface area contributed by atoms with E-state index in [-0.39, 0.29) is 6.04 Å². The van der Waals surface area contributed by atoms with Crippen LogP contribution >= 0.6 is 0 Å². The van der Waals surface area contributed by atoms with Crippen LogP contribution in [0.2, 0.25) is 0 Å². The van der Waals surface area contributed by atoms with Crippen LogP contribution in [0.4, 0.5) is 13.2 Å². The van der Waals surface area contributed by atoms with E-state index >= 15 is 0 Å². The third kappa shape index (κ3) is 4.21. The highest BCUT2D eigenvalue weighted by atomic mass is 19.4. The zero-order valence-corrected chi connectivity index (χ0v) is 12.3. The fourth-order valence-corrected chi connectivity index (χ4v) is 2.32. The van der Waals surface area contributed by atoms with Gasteiger partial charge in [-0.15, -0.1) is 0 Å². The number of likely N-dealkylation sites (N-methyl/N-ethyl adjacent to an activating group) is 1. The lowest BCUT2D eigenvalue weighted by Gasteiger charge is -2.35. The standard InChI is InChI=1S/C15H22F3NO/c1-5-19-13(14(3,4)20-6-2)11-8-7-9-12(10-11)15(16,17)18/h7-10,13,19H,5-6H2,1-4H3. The van der Waals surface area contributed by atoms with Crippen LogP contribution in [0.5, 0.6) is 0 Å². The molecule has 1 N–H and O–H groups in total. The molecule has 0 aliphatic rings. The number of alkyl halides is 3. The molecule has 1 unspecified atom stereocenters. The highest BCUT2D eigenvalue weighted by Crippen LogP contribution is 2.34. The SMILES string of the molecule is CCNC(c1cccc(C(F)(F)F)c1)C(C)(C)OCC. The van der Waals surface area contributed by atoms with Crippen LogP contribution in [0.1, 0.15) is 44.9 Å². The highest BCUT2D eigenvalue weighted by molar-refractivity contribution is 5.29. The van der Waals surface area contributed by atoms with E-state index in [0.29, 0.717) is 18.7 Å². The summed E-state index contributed by atoms with van der Waals surface area (Å²) in [4.78, 5) is 0. The number of rotatable bonds is 6. The van der Waals surface area contributed by atoms with Gasteiger partial charge < -0.3 is 10.1 Å². The van der Waals surface area contributed by atoms with Crippen molar-refractivity contribution in [2.45, 2.75) is 45.5 Å². The summed E-state index contributed by atoms with van der Waals surface area (Å²) in [5, 5.41) is 3.21. The zero-order valence-electron chi connectivity index (χ0n) is 12.3. The van der Waals surface area contributed by atoms with E-state index in [1.165, 1.54) is 12.1 Å². The Morgan fingerprint density at radius 1 is 1.20 bits per heavy atom. The van der Waals surface area contributed by atoms with Gasteiger partial charge in [-0.2, -0.15) is 13.2 Å². The van der Waals surface area contributed by atoms with Crippen molar-refractivity contribution in [1.29, 1.82) is 0 Å². The predicted molar refractivity (Wildman–Crippen MR) is 73.6 cm³/mol. The fraction of sp³-hybridized carbons (Fsp3) is 0.600. The van der Waals surface area contributed by atoms with Gasteiger partial charge in [0.05, 0.1) is 17.2 Å². The van der Waals surface area contributed by atoms with Crippen LogP contribution in [-0.4, -0.2) is 18.8 Å². The maximum absolute atomic E-state index is 12.8. The number of benzene rings is 1. The topological polar surface area (TPSA) is 21.3 Å². The molecule has 0 spiro atoms. The van der Waals surface area contributed by atoms with Crippen LogP contribution in [0.3, 0.4) is 0 Å². The number of halogens is 3. The van der Waals surface area contributed by atoms with Crippen LogP contribution < -0.4 is 5.32 Å². The Balaban J connectivity index is 3.15. The van der Waals surface area contributed by atoms with E-state index in [2.05, 4.69) is 5.32 Å². The van der Waals surface area contributed by atoms with Gasteiger partial charge in [0.15, 0.2) is 0 Å². The normalized spacial score (nSPS) is 14.3. The molecule has 1 aromatic rings. The Morgan fingerprint density at radius 3 is 2.35 bits per heavy atom. The van der Waals surface area contributed by atoms with Crippen LogP contribution in [-0.2, 0) is 10.9 Å². The third-order valence-corrected chi connectivity index (χ3v) is 3.17. The van der Waals surface area contributed by atoms with Gasteiger partial charge in [-0.1, -0.05) is 19.1 Å². The van der Waals surface area contributed by atoms with E-state index in [4.69, 9.17) is 4.74 Å². The molecule has 0 saturated heterocycles. The molecule has 2 nitrogen and oxygen atoms in total. The second-order valence-corrected chi connectivity index (χ2v) is 5.15. The van der Waals surface area contributed by atoms with Gasteiger partial charge in [-0.3, -0.25) is 0 Å². The Bertz CT molecular complexity index is 429. The number of nitrogens with one attached hydrogen (secondary N) is 1. The average molecular weight is 289 g/mol. The number of ether oxygens (including phenoxy) is 1. The lowest BCUT2D eigenvalue weighted by atomic mass is 9.90. The van der Waals surface area contributed by atoms with Crippen molar-refractivity contribution >= 4 is 0 Å². The van der Waals surface area contributed by atoms with E-state index in [1.54, 1.807) is 6.07 Å². The molecule has 1 rings (SSSR count). The quantitative estimate of drug-likeness (QED) is 0.848. The molecule has 114 valence electrons. The van der Waals surface area contributed by atoms with Crippen LogP contribution in [0.15, 0.2) is 24.3 Å². The van der Waals surface area contributed by atoms with E-state index in [9.17, 15) is 13.2 Å². The molecular weight excluding hydrogens is 267 g/mol. The summed E-state index contributed by atoms with van der Waals surface area (Å²) >= 11 is 0. The Hall–Kier alpha value is -1.07. The minimum atomic E-state index is -4.33. The first kappa shape index (κ1) is 17.0. The minimum absolute atomic E-state index is 0.297. The molecule has 1 atom stereocenters. The maximum Gasteiger partial charge on any atom is 0.416 e. The summed E-state index contributed by atoms with van der Waals surface area (Å²) in [6, 6.07) is 5.11. The van der Waals surface area contributed by atoms with Crippen LogP contribution in [0, 0.1) is 0 Å². The monoisotopic (exact) mass is 289 g/mol. The first-order valence-corrected chi connectivity index (χ1v) is 6.76. The van der Waals surface area contributed by atoms with E-state index in [0.717, 1.165) is 6.07 Å². The van der Waals surface area contributed by atoms with Gasteiger partial charge in [0.25, 0.3) is 0 Å². The molecule has 5 heteroatoms. The summed E-state index contributed by atoms with van der Waals surface area (Å²) in [7, 11) is 0. The van der Waals surface area contributed by atoms with Gasteiger partial charge in [0.1, 0.15) is 0 Å². The molecule has 0 radical (unpaired) electrons. The fourth-order valence-electron chi connectivity index (χ4n) is 2.32. The molecule has 0 heterocycles. The summed E-state index contributed by atoms with van der Waals surface area (Å²) in [6.07, 6.45) is -4.33. The maximum atomic E-state index is 12.8. The molecule has 0 amide bonds. The zero-order chi connectivity index (χ0) is 15.4. The Morgan fingerprint density at radius 2 is 1.85 bits per heavy atom. The largest absolute Gasteiger partial charge is 0.416 e. The van der Waals surface area contributed by atoms with Crippen molar-refractivity contribution in [2.75, 3.05) is 13.2 Å². The van der Waals surface area contributed by atoms with Crippen molar-refractivity contribution in [2.24, 2.45) is 0 Å². The Kier molecular flexibility index (Phi) is 5.59. The van der Waals surface area contributed by atoms with Crippen LogP contribution in [0.25, 0.3) is 0 Å². The van der Waals surface area contributed by atoms with Gasteiger partial charge >= 0.3 is 6.18 Å². The van der Waals surface area contributed by atoms with Gasteiger partial charge in [-0.05, 0) is 45.0 Å². The molecule has 0 bridgehead atoms. The predicted octanol–water partition coefficient (Wildman–Crippen LogP) is 4.17. The Labute approximate surface area is 118 Å². The number of hydrogen-bond donors (Lipinski definition) is 1. The molecule has 1 aromatic carbocycles. The van der Waals surface area contributed by atoms with E-state index < -0.39 is 17.3 Å². The molecular formula is C15H22F3NO. The second-order valence-electron chi connectivity index (χ2n) is 5.15. The first-order chi connectivity index (χ1) is 9.22. The summed E-state index contributed by atoms with van der Waals surface area (Å²) in [5.41, 5.74) is -0.639. The number of hydrogen-bond acceptors (Lipinski definition) is 2. The van der Waals surface area contributed by atoms with Crippen molar-refractivity contribution in [3.8, 4) is 0 Å². The molecule has 0 aliphatic carbocycles. The lowest BCUT2D eigenvalue weighted by molar-refractivity contribution is -0.137. The smallest absolute Gasteiger partial charge is 0.374 e. The molecule has 20 heavy (non-hydrogen) atoms. The summed E-state index contributed by atoms with van der Waals surface area (Å²) in [6.45, 7) is 8.71. The van der Waals surface area contributed by atoms with Crippen molar-refractivity contribution < 1.29 is 17.9 Å². The van der Waals surface area contributed by atoms with Crippen molar-refractivity contribution in [1.82, 2.24) is 5.32 Å². The van der Waals surface area contributed by atoms with E-state index in [1.807, 2.05) is 27.7 Å². The van der Waals surface area contributed by atoms with Gasteiger partial charge in [0.2, 0.25) is 0 Å². The molecule has 0 saturated carbocycles. The third-order valence-electron chi connectivity index (χ3n) is 3.17. The van der Waals surface area contributed by atoms with Crippen molar-refractivity contribution in [3.63, 3.8) is 0 Å². The lowest BCUT2D eigenvalue weighted by Crippen LogP contribution is -2.41. The summed E-state index contributed by atoms with van der Waals surface area (Å²) < 4.78 is 44.1. The second kappa shape index (κ2) is 6.59. The first-order valence-electron chi connectivity index (χ1n) is 6.76. The molecule has 0 fully saturated rings. The average Bonchev–Trinajstić information content (AvgIpc) is 2.34. The van der Waals surface area contributed by atoms with Gasteiger partial charge in [-0.25, -0.2) is 0 Å². The summed E-state index contributed by atoms with van der Waals surface area (Å²) in [5.74, 6) is 0.